The average molecular weight is 384 g/mol. The highest BCUT2D eigenvalue weighted by Crippen LogP contribution is 2.12. The van der Waals surface area contributed by atoms with E-state index in [-0.39, 0.29) is 12.9 Å². The van der Waals surface area contributed by atoms with E-state index >= 15 is 0 Å². The zero-order chi connectivity index (χ0) is 19.9. The van der Waals surface area contributed by atoms with Crippen LogP contribution in [0.3, 0.4) is 0 Å². The maximum Gasteiger partial charge on any atom is 0.151 e. The molecule has 0 aliphatic carbocycles. The molecule has 0 aliphatic rings. The van der Waals surface area contributed by atoms with Gasteiger partial charge < -0.3 is 34.7 Å². The molecule has 0 spiro atoms. The predicted octanol–water partition coefficient (Wildman–Crippen LogP) is 1.07. The van der Waals surface area contributed by atoms with Crippen molar-refractivity contribution in [2.45, 2.75) is 62.9 Å². The SMILES string of the molecule is O=CC(O)C(OCCCCCCCCOc1ccccc1)C(O)C(O)CO. The maximum absolute atomic E-state index is 10.7. The normalized spacial score (nSPS) is 15.7. The number of aliphatic hydroxyl groups is 4. The summed E-state index contributed by atoms with van der Waals surface area (Å²) in [6, 6.07) is 9.71. The number of hydrogen-bond acceptors (Lipinski definition) is 7. The second-order valence-electron chi connectivity index (χ2n) is 6.49. The molecule has 4 N–H and O–H groups in total. The van der Waals surface area contributed by atoms with Crippen LogP contribution in [0, 0.1) is 0 Å². The molecule has 1 aromatic rings. The van der Waals surface area contributed by atoms with E-state index in [1.54, 1.807) is 0 Å². The molecule has 0 radical (unpaired) electrons. The molecule has 4 unspecified atom stereocenters. The molecular weight excluding hydrogens is 352 g/mol. The molecule has 0 saturated carbocycles. The number of aldehydes is 1. The Morgan fingerprint density at radius 3 is 2.07 bits per heavy atom. The van der Waals surface area contributed by atoms with Gasteiger partial charge in [0.05, 0.1) is 13.2 Å². The summed E-state index contributed by atoms with van der Waals surface area (Å²) in [4.78, 5) is 10.7. The molecule has 0 fully saturated rings. The van der Waals surface area contributed by atoms with Gasteiger partial charge in [0, 0.05) is 6.61 Å². The molecule has 0 amide bonds. The Hall–Kier alpha value is -1.51. The Bertz CT molecular complexity index is 482. The Balaban J connectivity index is 2.06. The molecule has 7 heteroatoms. The lowest BCUT2D eigenvalue weighted by Gasteiger charge is -2.27. The van der Waals surface area contributed by atoms with Crippen LogP contribution in [0.25, 0.3) is 0 Å². The second kappa shape index (κ2) is 14.5. The fraction of sp³-hybridized carbons (Fsp3) is 0.650. The van der Waals surface area contributed by atoms with Gasteiger partial charge in [-0.1, -0.05) is 43.9 Å². The molecule has 1 aromatic carbocycles. The van der Waals surface area contributed by atoms with Crippen molar-refractivity contribution in [3.63, 3.8) is 0 Å². The number of carbonyl (C=O) groups excluding carboxylic acids is 1. The highest BCUT2D eigenvalue weighted by Gasteiger charge is 2.32. The van der Waals surface area contributed by atoms with Crippen molar-refractivity contribution >= 4 is 6.29 Å². The van der Waals surface area contributed by atoms with Crippen LogP contribution in [0.4, 0.5) is 0 Å². The molecule has 27 heavy (non-hydrogen) atoms. The zero-order valence-electron chi connectivity index (χ0n) is 15.7. The second-order valence-corrected chi connectivity index (χ2v) is 6.49. The number of benzene rings is 1. The summed E-state index contributed by atoms with van der Waals surface area (Å²) in [6.45, 7) is 0.270. The van der Waals surface area contributed by atoms with Crippen molar-refractivity contribution < 1.29 is 34.7 Å². The first-order valence-electron chi connectivity index (χ1n) is 9.50. The van der Waals surface area contributed by atoms with Crippen molar-refractivity contribution in [3.8, 4) is 5.75 Å². The third-order valence-corrected chi connectivity index (χ3v) is 4.25. The van der Waals surface area contributed by atoms with Crippen molar-refractivity contribution in [3.05, 3.63) is 30.3 Å². The minimum Gasteiger partial charge on any atom is -0.494 e. The quantitative estimate of drug-likeness (QED) is 0.249. The highest BCUT2D eigenvalue weighted by atomic mass is 16.5. The first-order valence-corrected chi connectivity index (χ1v) is 9.50. The molecular formula is C20H32O7. The number of para-hydroxylation sites is 1. The number of rotatable bonds is 16. The van der Waals surface area contributed by atoms with Gasteiger partial charge in [0.1, 0.15) is 30.2 Å². The van der Waals surface area contributed by atoms with Gasteiger partial charge >= 0.3 is 0 Å². The Labute approximate surface area is 160 Å². The van der Waals surface area contributed by atoms with Crippen molar-refractivity contribution in [2.24, 2.45) is 0 Å². The third-order valence-electron chi connectivity index (χ3n) is 4.25. The van der Waals surface area contributed by atoms with Gasteiger partial charge in [0.25, 0.3) is 0 Å². The monoisotopic (exact) mass is 384 g/mol. The molecule has 154 valence electrons. The number of aliphatic hydroxyl groups excluding tert-OH is 4. The topological polar surface area (TPSA) is 116 Å². The number of carbonyl (C=O) groups is 1. The molecule has 0 bridgehead atoms. The molecule has 1 rings (SSSR count). The fourth-order valence-corrected chi connectivity index (χ4v) is 2.64. The molecule has 7 nitrogen and oxygen atoms in total. The van der Waals surface area contributed by atoms with Crippen LogP contribution in [0.1, 0.15) is 38.5 Å². The van der Waals surface area contributed by atoms with Gasteiger partial charge in [-0.15, -0.1) is 0 Å². The Morgan fingerprint density at radius 1 is 0.889 bits per heavy atom. The Kier molecular flexibility index (Phi) is 12.7. The van der Waals surface area contributed by atoms with Gasteiger partial charge in [-0.05, 0) is 25.0 Å². The summed E-state index contributed by atoms with van der Waals surface area (Å²) < 4.78 is 11.0. The zero-order valence-corrected chi connectivity index (χ0v) is 15.7. The summed E-state index contributed by atoms with van der Waals surface area (Å²) in [7, 11) is 0. The number of hydrogen-bond donors (Lipinski definition) is 4. The van der Waals surface area contributed by atoms with Gasteiger partial charge in [0.15, 0.2) is 6.29 Å². The van der Waals surface area contributed by atoms with Crippen LogP contribution in [0.2, 0.25) is 0 Å². The molecule has 0 saturated heterocycles. The van der Waals surface area contributed by atoms with Crippen LogP contribution in [-0.4, -0.2) is 70.9 Å². The Morgan fingerprint density at radius 2 is 1.48 bits per heavy atom. The van der Waals surface area contributed by atoms with Crippen LogP contribution < -0.4 is 4.74 Å². The van der Waals surface area contributed by atoms with Crippen molar-refractivity contribution in [2.75, 3.05) is 19.8 Å². The van der Waals surface area contributed by atoms with Gasteiger partial charge in [-0.3, -0.25) is 0 Å². The first kappa shape index (κ1) is 23.5. The van der Waals surface area contributed by atoms with Crippen LogP contribution in [0.15, 0.2) is 30.3 Å². The fourth-order valence-electron chi connectivity index (χ4n) is 2.64. The number of unbranched alkanes of at least 4 members (excludes halogenated alkanes) is 5. The van der Waals surface area contributed by atoms with Gasteiger partial charge in [-0.25, -0.2) is 0 Å². The standard InChI is InChI=1S/C20H32O7/c21-14-17(23)19(25)20(18(24)15-22)27-13-9-4-2-1-3-8-12-26-16-10-6-5-7-11-16/h5-7,10-11,15,17-21,23-25H,1-4,8-9,12-14H2. The molecule has 0 aliphatic heterocycles. The summed E-state index contributed by atoms with van der Waals surface area (Å²) in [6.07, 6.45) is 0.239. The van der Waals surface area contributed by atoms with E-state index < -0.39 is 31.0 Å². The average Bonchev–Trinajstić information content (AvgIpc) is 2.71. The third kappa shape index (κ3) is 9.83. The summed E-state index contributed by atoms with van der Waals surface area (Å²) in [5.74, 6) is 0.884. The van der Waals surface area contributed by atoms with E-state index in [0.29, 0.717) is 13.0 Å². The smallest absolute Gasteiger partial charge is 0.151 e. The lowest BCUT2D eigenvalue weighted by Crippen LogP contribution is -2.48. The lowest BCUT2D eigenvalue weighted by atomic mass is 10.0. The lowest BCUT2D eigenvalue weighted by molar-refractivity contribution is -0.150. The first-order chi connectivity index (χ1) is 13.1. The summed E-state index contributed by atoms with van der Waals surface area (Å²) in [5, 5.41) is 37.7. The van der Waals surface area contributed by atoms with Crippen LogP contribution in [0.5, 0.6) is 5.75 Å². The van der Waals surface area contributed by atoms with Gasteiger partial charge in [0.2, 0.25) is 0 Å². The van der Waals surface area contributed by atoms with E-state index in [0.717, 1.165) is 37.9 Å². The van der Waals surface area contributed by atoms with Gasteiger partial charge in [-0.2, -0.15) is 0 Å². The number of ether oxygens (including phenoxy) is 2. The van der Waals surface area contributed by atoms with E-state index in [1.165, 1.54) is 0 Å². The molecule has 0 aromatic heterocycles. The molecule has 0 heterocycles. The molecule has 4 atom stereocenters. The highest BCUT2D eigenvalue weighted by molar-refractivity contribution is 5.56. The minimum atomic E-state index is -1.55. The van der Waals surface area contributed by atoms with E-state index in [2.05, 4.69) is 0 Å². The van der Waals surface area contributed by atoms with E-state index in [4.69, 9.17) is 14.6 Å². The van der Waals surface area contributed by atoms with Crippen molar-refractivity contribution in [1.82, 2.24) is 0 Å². The maximum atomic E-state index is 10.7. The van der Waals surface area contributed by atoms with Crippen molar-refractivity contribution in [1.29, 1.82) is 0 Å². The predicted molar refractivity (Wildman–Crippen MR) is 101 cm³/mol. The largest absolute Gasteiger partial charge is 0.494 e. The minimum absolute atomic E-state index is 0.246. The van der Waals surface area contributed by atoms with E-state index in [9.17, 15) is 20.1 Å². The summed E-state index contributed by atoms with van der Waals surface area (Å²) >= 11 is 0. The van der Waals surface area contributed by atoms with Crippen LogP contribution >= 0.6 is 0 Å². The van der Waals surface area contributed by atoms with Crippen LogP contribution in [-0.2, 0) is 9.53 Å². The summed E-state index contributed by atoms with van der Waals surface area (Å²) in [5.41, 5.74) is 0. The van der Waals surface area contributed by atoms with E-state index in [1.807, 2.05) is 30.3 Å².